The lowest BCUT2D eigenvalue weighted by atomic mass is 10.3. The quantitative estimate of drug-likeness (QED) is 0.761. The molecule has 2 rings (SSSR count). The number of hydrogen-bond acceptors (Lipinski definition) is 5. The van der Waals surface area contributed by atoms with Crippen LogP contribution in [0.3, 0.4) is 0 Å². The largest absolute Gasteiger partial charge is 0.395 e. The molecule has 1 fully saturated rings. The van der Waals surface area contributed by atoms with Crippen LogP contribution in [0.1, 0.15) is 6.42 Å². The molecule has 1 aliphatic heterocycles. The molecule has 1 unspecified atom stereocenters. The monoisotopic (exact) mass is 324 g/mol. The van der Waals surface area contributed by atoms with Crippen LogP contribution in [0.15, 0.2) is 6.07 Å². The maximum atomic E-state index is 11.9. The molecule has 0 spiro atoms. The Hall–Kier alpha value is -1.09. The van der Waals surface area contributed by atoms with Gasteiger partial charge in [0, 0.05) is 19.0 Å². The third kappa shape index (κ3) is 2.76. The van der Waals surface area contributed by atoms with Crippen LogP contribution >= 0.6 is 23.2 Å². The Morgan fingerprint density at radius 2 is 2.05 bits per heavy atom. The molecule has 0 bridgehead atoms. The van der Waals surface area contributed by atoms with E-state index in [-0.39, 0.29) is 34.6 Å². The van der Waals surface area contributed by atoms with E-state index in [1.54, 1.807) is 0 Å². The van der Waals surface area contributed by atoms with Crippen molar-refractivity contribution in [2.75, 3.05) is 17.2 Å². The SMILES string of the molecule is Nc1c(N2CC(S(N)(=O)=O)CC2=O)cc(Cl)nc1Cl. The number of nitrogens with two attached hydrogens (primary N) is 2. The fraction of sp³-hybridized carbons (Fsp3) is 0.333. The average molecular weight is 325 g/mol. The van der Waals surface area contributed by atoms with Crippen LogP contribution in [-0.2, 0) is 14.8 Å². The molecular formula is C9H10Cl2N4O3S. The molecule has 1 aliphatic rings. The van der Waals surface area contributed by atoms with E-state index in [2.05, 4.69) is 4.98 Å². The normalized spacial score (nSPS) is 20.1. The number of halogens is 2. The molecule has 19 heavy (non-hydrogen) atoms. The van der Waals surface area contributed by atoms with Crippen molar-refractivity contribution in [2.24, 2.45) is 5.14 Å². The molecule has 4 N–H and O–H groups in total. The number of nitrogen functional groups attached to an aromatic ring is 1. The number of rotatable bonds is 2. The molecule has 0 saturated carbocycles. The zero-order chi connectivity index (χ0) is 14.4. The first-order valence-corrected chi connectivity index (χ1v) is 7.50. The van der Waals surface area contributed by atoms with Gasteiger partial charge in [0.25, 0.3) is 0 Å². The zero-order valence-corrected chi connectivity index (χ0v) is 11.8. The van der Waals surface area contributed by atoms with Crippen LogP contribution in [0.5, 0.6) is 0 Å². The molecule has 10 heteroatoms. The maximum absolute atomic E-state index is 11.9. The minimum Gasteiger partial charge on any atom is -0.395 e. The number of carbonyl (C=O) groups excluding carboxylic acids is 1. The first-order chi connectivity index (χ1) is 8.70. The second-order valence-electron chi connectivity index (χ2n) is 4.09. The van der Waals surface area contributed by atoms with Crippen molar-refractivity contribution >= 4 is 50.5 Å². The topological polar surface area (TPSA) is 119 Å². The Morgan fingerprint density at radius 1 is 1.42 bits per heavy atom. The van der Waals surface area contributed by atoms with Crippen molar-refractivity contribution in [3.8, 4) is 0 Å². The van der Waals surface area contributed by atoms with E-state index in [0.29, 0.717) is 0 Å². The first-order valence-electron chi connectivity index (χ1n) is 5.13. The van der Waals surface area contributed by atoms with Gasteiger partial charge in [-0.2, -0.15) is 0 Å². The number of sulfonamides is 1. The van der Waals surface area contributed by atoms with E-state index < -0.39 is 21.2 Å². The smallest absolute Gasteiger partial charge is 0.228 e. The highest BCUT2D eigenvalue weighted by molar-refractivity contribution is 7.89. The summed E-state index contributed by atoms with van der Waals surface area (Å²) in [7, 11) is -3.79. The Kier molecular flexibility index (Phi) is 3.61. The molecule has 1 atom stereocenters. The fourth-order valence-corrected chi connectivity index (χ4v) is 2.98. The van der Waals surface area contributed by atoms with Crippen LogP contribution < -0.4 is 15.8 Å². The van der Waals surface area contributed by atoms with E-state index in [9.17, 15) is 13.2 Å². The molecule has 2 heterocycles. The van der Waals surface area contributed by atoms with Crippen LogP contribution in [0.4, 0.5) is 11.4 Å². The molecule has 1 saturated heterocycles. The van der Waals surface area contributed by atoms with Crippen LogP contribution in [-0.4, -0.2) is 31.1 Å². The Labute approximate surface area is 119 Å². The zero-order valence-electron chi connectivity index (χ0n) is 9.51. The van der Waals surface area contributed by atoms with Gasteiger partial charge in [-0.05, 0) is 0 Å². The number of amides is 1. The van der Waals surface area contributed by atoms with E-state index in [4.69, 9.17) is 34.1 Å². The minimum absolute atomic E-state index is 0.0469. The number of nitrogens with zero attached hydrogens (tertiary/aromatic N) is 2. The van der Waals surface area contributed by atoms with Crippen molar-refractivity contribution in [1.29, 1.82) is 0 Å². The maximum Gasteiger partial charge on any atom is 0.228 e. The van der Waals surface area contributed by atoms with Gasteiger partial charge in [0.05, 0.1) is 11.4 Å². The number of carbonyl (C=O) groups is 1. The summed E-state index contributed by atoms with van der Waals surface area (Å²) in [6, 6.07) is 1.35. The summed E-state index contributed by atoms with van der Waals surface area (Å²) in [5.74, 6) is -0.413. The second-order valence-corrected chi connectivity index (χ2v) is 6.68. The lowest BCUT2D eigenvalue weighted by Gasteiger charge is -2.19. The predicted octanol–water partition coefficient (Wildman–Crippen LogP) is 0.364. The van der Waals surface area contributed by atoms with Crippen molar-refractivity contribution in [3.05, 3.63) is 16.4 Å². The van der Waals surface area contributed by atoms with E-state index >= 15 is 0 Å². The number of anilines is 2. The van der Waals surface area contributed by atoms with E-state index in [0.717, 1.165) is 0 Å². The molecule has 1 aromatic rings. The lowest BCUT2D eigenvalue weighted by molar-refractivity contribution is -0.117. The summed E-state index contributed by atoms with van der Waals surface area (Å²) in [5.41, 5.74) is 6.02. The van der Waals surface area contributed by atoms with E-state index in [1.807, 2.05) is 0 Å². The Bertz CT molecular complexity index is 649. The molecule has 0 aromatic carbocycles. The number of pyridine rings is 1. The van der Waals surface area contributed by atoms with Gasteiger partial charge in [0.1, 0.15) is 10.4 Å². The first kappa shape index (κ1) is 14.3. The van der Waals surface area contributed by atoms with Crippen molar-refractivity contribution in [2.45, 2.75) is 11.7 Å². The summed E-state index contributed by atoms with van der Waals surface area (Å²) in [4.78, 5) is 16.8. The minimum atomic E-state index is -3.79. The van der Waals surface area contributed by atoms with Crippen molar-refractivity contribution in [3.63, 3.8) is 0 Å². The van der Waals surface area contributed by atoms with Crippen molar-refractivity contribution < 1.29 is 13.2 Å². The highest BCUT2D eigenvalue weighted by Gasteiger charge is 2.38. The molecule has 104 valence electrons. The third-order valence-electron chi connectivity index (χ3n) is 2.80. The van der Waals surface area contributed by atoms with Gasteiger partial charge in [0.2, 0.25) is 15.9 Å². The number of hydrogen-bond donors (Lipinski definition) is 2. The predicted molar refractivity (Wildman–Crippen MR) is 72.5 cm³/mol. The van der Waals surface area contributed by atoms with E-state index in [1.165, 1.54) is 11.0 Å². The Morgan fingerprint density at radius 3 is 2.58 bits per heavy atom. The Balaban J connectivity index is 2.41. The second kappa shape index (κ2) is 4.78. The van der Waals surface area contributed by atoms with Gasteiger partial charge in [-0.25, -0.2) is 18.5 Å². The fourth-order valence-electron chi connectivity index (χ4n) is 1.83. The summed E-state index contributed by atoms with van der Waals surface area (Å²) >= 11 is 11.5. The molecule has 1 aromatic heterocycles. The molecular weight excluding hydrogens is 315 g/mol. The number of aromatic nitrogens is 1. The summed E-state index contributed by atoms with van der Waals surface area (Å²) < 4.78 is 22.6. The molecule has 7 nitrogen and oxygen atoms in total. The summed E-state index contributed by atoms with van der Waals surface area (Å²) in [6.07, 6.45) is -0.199. The van der Waals surface area contributed by atoms with Gasteiger partial charge in [-0.3, -0.25) is 4.79 Å². The molecule has 0 aliphatic carbocycles. The average Bonchev–Trinajstić information content (AvgIpc) is 2.65. The molecule has 0 radical (unpaired) electrons. The van der Waals surface area contributed by atoms with Crippen molar-refractivity contribution in [1.82, 2.24) is 4.98 Å². The highest BCUT2D eigenvalue weighted by Crippen LogP contribution is 2.34. The van der Waals surface area contributed by atoms with Gasteiger partial charge in [-0.1, -0.05) is 23.2 Å². The summed E-state index contributed by atoms with van der Waals surface area (Å²) in [5, 5.41) is 4.08. The van der Waals surface area contributed by atoms with Crippen LogP contribution in [0.25, 0.3) is 0 Å². The van der Waals surface area contributed by atoms with Gasteiger partial charge < -0.3 is 10.6 Å². The standard InChI is InChI=1S/C9H10Cl2N4O3S/c10-6-2-5(8(12)9(11)14-6)15-3-4(1-7(15)16)19(13,17)18/h2,4H,1,3,12H2,(H2,13,17,18). The number of primary sulfonamides is 1. The van der Waals surface area contributed by atoms with Gasteiger partial charge in [0.15, 0.2) is 5.15 Å². The van der Waals surface area contributed by atoms with Gasteiger partial charge >= 0.3 is 0 Å². The highest BCUT2D eigenvalue weighted by atomic mass is 35.5. The van der Waals surface area contributed by atoms with Crippen LogP contribution in [0, 0.1) is 0 Å². The summed E-state index contributed by atoms with van der Waals surface area (Å²) in [6.45, 7) is -0.0848. The van der Waals surface area contributed by atoms with Crippen LogP contribution in [0.2, 0.25) is 10.3 Å². The lowest BCUT2D eigenvalue weighted by Crippen LogP contribution is -2.32. The van der Waals surface area contributed by atoms with Gasteiger partial charge in [-0.15, -0.1) is 0 Å². The molecule has 1 amide bonds. The third-order valence-corrected chi connectivity index (χ3v) is 4.53.